The summed E-state index contributed by atoms with van der Waals surface area (Å²) in [5.74, 6) is 0.701. The molecule has 0 aromatic carbocycles. The zero-order valence-corrected chi connectivity index (χ0v) is 16.2. The minimum absolute atomic E-state index is 0.258. The fraction of sp³-hybridized carbons (Fsp3) is 0.789. The van der Waals surface area contributed by atoms with E-state index in [-0.39, 0.29) is 5.41 Å². The van der Waals surface area contributed by atoms with E-state index in [9.17, 15) is 0 Å². The van der Waals surface area contributed by atoms with Gasteiger partial charge in [0.1, 0.15) is 0 Å². The lowest BCUT2D eigenvalue weighted by Crippen LogP contribution is -2.27. The summed E-state index contributed by atoms with van der Waals surface area (Å²) < 4.78 is 0. The predicted molar refractivity (Wildman–Crippen MR) is 97.3 cm³/mol. The normalized spacial score (nSPS) is 16.0. The van der Waals surface area contributed by atoms with E-state index < -0.39 is 0 Å². The third-order valence-corrected chi connectivity index (χ3v) is 6.04. The lowest BCUT2D eigenvalue weighted by Gasteiger charge is -2.31. The van der Waals surface area contributed by atoms with E-state index in [1.807, 2.05) is 11.3 Å². The summed E-state index contributed by atoms with van der Waals surface area (Å²) in [5.41, 5.74) is 0.629. The summed E-state index contributed by atoms with van der Waals surface area (Å²) in [6, 6.07) is 5.16. The molecule has 1 rings (SSSR count). The van der Waals surface area contributed by atoms with Gasteiger partial charge >= 0.3 is 0 Å². The third-order valence-electron chi connectivity index (χ3n) is 4.42. The van der Waals surface area contributed by atoms with Gasteiger partial charge in [-0.15, -0.1) is 11.3 Å². The first kappa shape index (κ1) is 18.7. The summed E-state index contributed by atoms with van der Waals surface area (Å²) in [4.78, 5) is 2.99. The second-order valence-corrected chi connectivity index (χ2v) is 9.58. The van der Waals surface area contributed by atoms with E-state index in [0.717, 1.165) is 6.54 Å². The molecule has 2 heteroatoms. The van der Waals surface area contributed by atoms with Gasteiger partial charge in [0.25, 0.3) is 0 Å². The van der Waals surface area contributed by atoms with Crippen LogP contribution in [0.3, 0.4) is 0 Å². The number of hydrogen-bond donors (Lipinski definition) is 1. The quantitative estimate of drug-likeness (QED) is 0.663. The average molecular weight is 310 g/mol. The topological polar surface area (TPSA) is 12.0 Å². The molecule has 0 amide bonds. The summed E-state index contributed by atoms with van der Waals surface area (Å²) in [5, 5.41) is 3.76. The van der Waals surface area contributed by atoms with E-state index in [1.54, 1.807) is 0 Å². The molecule has 0 bridgehead atoms. The van der Waals surface area contributed by atoms with Crippen LogP contribution in [-0.2, 0) is 5.41 Å². The second kappa shape index (κ2) is 7.28. The summed E-state index contributed by atoms with van der Waals surface area (Å²) >= 11 is 1.99. The van der Waals surface area contributed by atoms with E-state index in [2.05, 4.69) is 72.8 Å². The fourth-order valence-electron chi connectivity index (χ4n) is 2.27. The van der Waals surface area contributed by atoms with Crippen molar-refractivity contribution in [1.29, 1.82) is 0 Å². The molecule has 0 aliphatic rings. The van der Waals surface area contributed by atoms with Crippen LogP contribution in [0.15, 0.2) is 12.1 Å². The molecule has 2 unspecified atom stereocenters. The number of rotatable bonds is 6. The Morgan fingerprint density at radius 1 is 1.10 bits per heavy atom. The zero-order valence-electron chi connectivity index (χ0n) is 15.3. The van der Waals surface area contributed by atoms with Gasteiger partial charge in [0, 0.05) is 15.8 Å². The molecule has 0 saturated heterocycles. The van der Waals surface area contributed by atoms with Crippen LogP contribution in [0, 0.1) is 11.3 Å². The van der Waals surface area contributed by atoms with Crippen LogP contribution in [-0.4, -0.2) is 6.54 Å². The van der Waals surface area contributed by atoms with Crippen molar-refractivity contribution >= 4 is 11.3 Å². The molecule has 0 fully saturated rings. The molecule has 0 spiro atoms. The molecule has 1 nitrogen and oxygen atoms in total. The van der Waals surface area contributed by atoms with E-state index >= 15 is 0 Å². The van der Waals surface area contributed by atoms with Crippen LogP contribution in [0.25, 0.3) is 0 Å². The van der Waals surface area contributed by atoms with Gasteiger partial charge in [-0.3, -0.25) is 0 Å². The van der Waals surface area contributed by atoms with Gasteiger partial charge in [-0.2, -0.15) is 0 Å². The molecule has 0 aliphatic carbocycles. The lowest BCUT2D eigenvalue weighted by molar-refractivity contribution is 0.224. The van der Waals surface area contributed by atoms with Gasteiger partial charge < -0.3 is 5.32 Å². The van der Waals surface area contributed by atoms with E-state index in [0.29, 0.717) is 17.4 Å². The minimum atomic E-state index is 0.258. The first-order valence-corrected chi connectivity index (χ1v) is 9.21. The Labute approximate surface area is 136 Å². The molecule has 0 aliphatic heterocycles. The van der Waals surface area contributed by atoms with Gasteiger partial charge in [0.05, 0.1) is 0 Å². The van der Waals surface area contributed by atoms with E-state index in [1.165, 1.54) is 22.6 Å². The summed E-state index contributed by atoms with van der Waals surface area (Å²) in [7, 11) is 0. The smallest absolute Gasteiger partial charge is 0.0417 e. The van der Waals surface area contributed by atoms with Crippen molar-refractivity contribution < 1.29 is 0 Å². The number of thiophene rings is 1. The highest BCUT2D eigenvalue weighted by molar-refractivity contribution is 7.12. The molecule has 1 N–H and O–H groups in total. The van der Waals surface area contributed by atoms with Crippen molar-refractivity contribution in [2.24, 2.45) is 11.3 Å². The maximum atomic E-state index is 3.76. The average Bonchev–Trinajstić information content (AvgIpc) is 2.82. The molecule has 0 radical (unpaired) electrons. The largest absolute Gasteiger partial charge is 0.309 e. The second-order valence-electron chi connectivity index (χ2n) is 8.46. The highest BCUT2D eigenvalue weighted by Crippen LogP contribution is 2.37. The standard InChI is InChI=1S/C19H35NS/c1-9-12-20-15(13-14(2)18(3,4)5)16-10-11-17(21-16)19(6,7)8/h10-11,14-15,20H,9,12-13H2,1-8H3. The molecule has 0 saturated carbocycles. The monoisotopic (exact) mass is 309 g/mol. The SMILES string of the molecule is CCCNC(CC(C)C(C)(C)C)c1ccc(C(C)(C)C)s1. The highest BCUT2D eigenvalue weighted by Gasteiger charge is 2.26. The van der Waals surface area contributed by atoms with Crippen molar-refractivity contribution in [3.8, 4) is 0 Å². The van der Waals surface area contributed by atoms with Crippen LogP contribution in [0.5, 0.6) is 0 Å². The Bertz CT molecular complexity index is 420. The molecule has 21 heavy (non-hydrogen) atoms. The van der Waals surface area contributed by atoms with Gasteiger partial charge in [-0.05, 0) is 48.3 Å². The minimum Gasteiger partial charge on any atom is -0.309 e. The molecule has 1 aromatic rings. The number of nitrogens with one attached hydrogen (secondary N) is 1. The zero-order chi connectivity index (χ0) is 16.3. The first-order valence-electron chi connectivity index (χ1n) is 8.39. The highest BCUT2D eigenvalue weighted by atomic mass is 32.1. The number of hydrogen-bond acceptors (Lipinski definition) is 2. The summed E-state index contributed by atoms with van der Waals surface area (Å²) in [6.45, 7) is 19.7. The van der Waals surface area contributed by atoms with Gasteiger partial charge in [0.15, 0.2) is 0 Å². The van der Waals surface area contributed by atoms with Crippen molar-refractivity contribution in [2.45, 2.75) is 79.7 Å². The maximum absolute atomic E-state index is 3.76. The van der Waals surface area contributed by atoms with Gasteiger partial charge in [0.2, 0.25) is 0 Å². The van der Waals surface area contributed by atoms with Gasteiger partial charge in [-0.1, -0.05) is 55.4 Å². The molecular weight excluding hydrogens is 274 g/mol. The van der Waals surface area contributed by atoms with Crippen LogP contribution in [0.1, 0.15) is 84.0 Å². The van der Waals surface area contributed by atoms with Crippen molar-refractivity contribution in [2.75, 3.05) is 6.54 Å². The Hall–Kier alpha value is -0.340. The predicted octanol–water partition coefficient (Wildman–Crippen LogP) is 6.16. The van der Waals surface area contributed by atoms with Crippen LogP contribution >= 0.6 is 11.3 Å². The third kappa shape index (κ3) is 5.75. The lowest BCUT2D eigenvalue weighted by atomic mass is 9.78. The van der Waals surface area contributed by atoms with Crippen LogP contribution < -0.4 is 5.32 Å². The van der Waals surface area contributed by atoms with Gasteiger partial charge in [-0.25, -0.2) is 0 Å². The fourth-order valence-corrected chi connectivity index (χ4v) is 3.42. The Morgan fingerprint density at radius 3 is 2.14 bits per heavy atom. The van der Waals surface area contributed by atoms with Crippen LogP contribution in [0.2, 0.25) is 0 Å². The molecule has 1 aromatic heterocycles. The summed E-state index contributed by atoms with van der Waals surface area (Å²) in [6.07, 6.45) is 2.41. The first-order chi connectivity index (χ1) is 9.55. The Balaban J connectivity index is 2.89. The van der Waals surface area contributed by atoms with Crippen molar-refractivity contribution in [3.63, 3.8) is 0 Å². The van der Waals surface area contributed by atoms with E-state index in [4.69, 9.17) is 0 Å². The molecular formula is C19H35NS. The van der Waals surface area contributed by atoms with Crippen molar-refractivity contribution in [3.05, 3.63) is 21.9 Å². The Kier molecular flexibility index (Phi) is 6.49. The maximum Gasteiger partial charge on any atom is 0.0417 e. The molecule has 1 heterocycles. The molecule has 2 atom stereocenters. The van der Waals surface area contributed by atoms with Crippen LogP contribution in [0.4, 0.5) is 0 Å². The van der Waals surface area contributed by atoms with Crippen molar-refractivity contribution in [1.82, 2.24) is 5.32 Å². The molecule has 122 valence electrons. The Morgan fingerprint density at radius 2 is 1.71 bits per heavy atom.